The maximum Gasteiger partial charge on any atom is 0.489 e. The molecule has 1 aromatic carbocycles. The molecular weight excluding hydrogens is 181 g/mol. The van der Waals surface area contributed by atoms with Gasteiger partial charge in [-0.1, -0.05) is 30.8 Å². The second kappa shape index (κ2) is 4.08. The number of amides is 1. The first-order valence-corrected chi connectivity index (χ1v) is 3.98. The summed E-state index contributed by atoms with van der Waals surface area (Å²) in [6.45, 7) is 3.47. The van der Waals surface area contributed by atoms with Crippen LogP contribution < -0.4 is 11.2 Å². The molecule has 1 rings (SSSR count). The number of hydrogen-bond donors (Lipinski definition) is 3. The molecule has 0 fully saturated rings. The predicted molar refractivity (Wildman–Crippen MR) is 54.5 cm³/mol. The summed E-state index contributed by atoms with van der Waals surface area (Å²) in [6.07, 6.45) is 0. The number of benzene rings is 1. The summed E-state index contributed by atoms with van der Waals surface area (Å²) < 4.78 is 0. The summed E-state index contributed by atoms with van der Waals surface area (Å²) in [5, 5.41) is 18.0. The van der Waals surface area contributed by atoms with E-state index in [1.165, 1.54) is 6.07 Å². The number of carbonyl (C=O) groups excluding carboxylic acids is 1. The highest BCUT2D eigenvalue weighted by molar-refractivity contribution is 6.60. The Morgan fingerprint density at radius 1 is 1.36 bits per heavy atom. The summed E-state index contributed by atoms with van der Waals surface area (Å²) in [7, 11) is -1.64. The summed E-state index contributed by atoms with van der Waals surface area (Å²) in [5.41, 5.74) is 5.67. The highest BCUT2D eigenvalue weighted by atomic mass is 16.4. The normalized spacial score (nSPS) is 9.57. The van der Waals surface area contributed by atoms with E-state index in [4.69, 9.17) is 15.8 Å². The maximum atomic E-state index is 10.8. The van der Waals surface area contributed by atoms with Gasteiger partial charge in [0.25, 0.3) is 0 Å². The molecule has 0 unspecified atom stereocenters. The zero-order valence-electron chi connectivity index (χ0n) is 7.47. The fourth-order valence-corrected chi connectivity index (χ4v) is 1.13. The Bertz CT molecular complexity index is 376. The van der Waals surface area contributed by atoms with Gasteiger partial charge in [0.2, 0.25) is 5.91 Å². The van der Waals surface area contributed by atoms with Gasteiger partial charge < -0.3 is 15.8 Å². The van der Waals surface area contributed by atoms with Crippen LogP contribution in [0.25, 0.3) is 5.57 Å². The fraction of sp³-hybridized carbons (Fsp3) is 0. The van der Waals surface area contributed by atoms with E-state index in [0.29, 0.717) is 5.56 Å². The minimum absolute atomic E-state index is 0.0636. The molecule has 4 N–H and O–H groups in total. The van der Waals surface area contributed by atoms with Crippen molar-refractivity contribution >= 4 is 24.1 Å². The van der Waals surface area contributed by atoms with Crippen molar-refractivity contribution < 1.29 is 14.8 Å². The Balaban J connectivity index is 3.20. The highest BCUT2D eigenvalue weighted by Gasteiger charge is 2.18. The standard InChI is InChI=1S/C9H10BNO3/c1-6(9(11)12)7-4-2-3-5-8(7)10(13)14/h2-5,13-14H,1H2,(H2,11,12). The Morgan fingerprint density at radius 3 is 2.43 bits per heavy atom. The van der Waals surface area contributed by atoms with Gasteiger partial charge in [-0.05, 0) is 11.0 Å². The van der Waals surface area contributed by atoms with Crippen LogP contribution in [-0.2, 0) is 4.79 Å². The third kappa shape index (κ3) is 2.01. The number of nitrogens with two attached hydrogens (primary N) is 1. The van der Waals surface area contributed by atoms with E-state index in [1.54, 1.807) is 18.2 Å². The lowest BCUT2D eigenvalue weighted by atomic mass is 9.75. The van der Waals surface area contributed by atoms with Crippen molar-refractivity contribution in [3.8, 4) is 0 Å². The molecule has 1 aromatic rings. The number of primary amides is 1. The molecule has 0 aliphatic carbocycles. The molecule has 0 saturated carbocycles. The third-order valence-electron chi connectivity index (χ3n) is 1.86. The van der Waals surface area contributed by atoms with E-state index < -0.39 is 13.0 Å². The summed E-state index contributed by atoms with van der Waals surface area (Å²) >= 11 is 0. The molecule has 72 valence electrons. The smallest absolute Gasteiger partial charge is 0.423 e. The Morgan fingerprint density at radius 2 is 1.93 bits per heavy atom. The molecule has 0 radical (unpaired) electrons. The maximum absolute atomic E-state index is 10.8. The van der Waals surface area contributed by atoms with Gasteiger partial charge in [-0.15, -0.1) is 0 Å². The lowest BCUT2D eigenvalue weighted by Crippen LogP contribution is -2.33. The molecule has 0 bridgehead atoms. The van der Waals surface area contributed by atoms with Crippen LogP contribution in [0.3, 0.4) is 0 Å². The van der Waals surface area contributed by atoms with Gasteiger partial charge in [0.1, 0.15) is 0 Å². The molecule has 5 heteroatoms. The molecule has 1 amide bonds. The average Bonchev–Trinajstić information content (AvgIpc) is 2.16. The Hall–Kier alpha value is -1.59. The summed E-state index contributed by atoms with van der Waals surface area (Å²) in [5.74, 6) is -0.682. The van der Waals surface area contributed by atoms with Crippen molar-refractivity contribution in [3.63, 3.8) is 0 Å². The van der Waals surface area contributed by atoms with Crippen molar-refractivity contribution in [3.05, 3.63) is 36.4 Å². The fourth-order valence-electron chi connectivity index (χ4n) is 1.13. The quantitative estimate of drug-likeness (QED) is 0.417. The molecule has 0 aromatic heterocycles. The van der Waals surface area contributed by atoms with Crippen LogP contribution >= 0.6 is 0 Å². The average molecular weight is 191 g/mol. The highest BCUT2D eigenvalue weighted by Crippen LogP contribution is 2.08. The van der Waals surface area contributed by atoms with Gasteiger partial charge in [0.05, 0.1) is 0 Å². The minimum atomic E-state index is -1.64. The van der Waals surface area contributed by atoms with Crippen molar-refractivity contribution in [2.45, 2.75) is 0 Å². The van der Waals surface area contributed by atoms with Gasteiger partial charge in [-0.3, -0.25) is 4.79 Å². The van der Waals surface area contributed by atoms with E-state index in [-0.39, 0.29) is 11.0 Å². The van der Waals surface area contributed by atoms with E-state index in [2.05, 4.69) is 6.58 Å². The molecule has 0 heterocycles. The van der Waals surface area contributed by atoms with Crippen LogP contribution in [0.4, 0.5) is 0 Å². The lowest BCUT2D eigenvalue weighted by Gasteiger charge is -2.08. The van der Waals surface area contributed by atoms with Crippen LogP contribution in [0.5, 0.6) is 0 Å². The monoisotopic (exact) mass is 191 g/mol. The van der Waals surface area contributed by atoms with Gasteiger partial charge in [-0.25, -0.2) is 0 Å². The van der Waals surface area contributed by atoms with Crippen molar-refractivity contribution in [1.29, 1.82) is 0 Å². The van der Waals surface area contributed by atoms with Crippen molar-refractivity contribution in [2.24, 2.45) is 5.73 Å². The van der Waals surface area contributed by atoms with Gasteiger partial charge in [0, 0.05) is 5.57 Å². The van der Waals surface area contributed by atoms with Crippen molar-refractivity contribution in [2.75, 3.05) is 0 Å². The molecule has 14 heavy (non-hydrogen) atoms. The molecule has 0 spiro atoms. The van der Waals surface area contributed by atoms with E-state index in [9.17, 15) is 4.79 Å². The van der Waals surface area contributed by atoms with E-state index in [1.807, 2.05) is 0 Å². The predicted octanol–water partition coefficient (Wildman–Crippen LogP) is -1.14. The first-order chi connectivity index (χ1) is 6.54. The van der Waals surface area contributed by atoms with Crippen molar-refractivity contribution in [1.82, 2.24) is 0 Å². The summed E-state index contributed by atoms with van der Waals surface area (Å²) in [4.78, 5) is 10.8. The van der Waals surface area contributed by atoms with E-state index >= 15 is 0 Å². The second-order valence-corrected chi connectivity index (χ2v) is 2.80. The Labute approximate surface area is 81.8 Å². The molecule has 0 atom stereocenters. The minimum Gasteiger partial charge on any atom is -0.423 e. The van der Waals surface area contributed by atoms with Gasteiger partial charge >= 0.3 is 7.12 Å². The first kappa shape index (κ1) is 10.5. The zero-order chi connectivity index (χ0) is 10.7. The zero-order valence-corrected chi connectivity index (χ0v) is 7.47. The third-order valence-corrected chi connectivity index (χ3v) is 1.86. The topological polar surface area (TPSA) is 83.6 Å². The molecule has 0 saturated heterocycles. The number of rotatable bonds is 3. The Kier molecular flexibility index (Phi) is 3.06. The number of hydrogen-bond acceptors (Lipinski definition) is 3. The van der Waals surface area contributed by atoms with Crippen LogP contribution in [0.15, 0.2) is 30.8 Å². The van der Waals surface area contributed by atoms with Gasteiger partial charge in [-0.2, -0.15) is 0 Å². The second-order valence-electron chi connectivity index (χ2n) is 2.80. The van der Waals surface area contributed by atoms with Crippen LogP contribution in [-0.4, -0.2) is 23.1 Å². The first-order valence-electron chi connectivity index (χ1n) is 3.98. The number of carbonyl (C=O) groups is 1. The lowest BCUT2D eigenvalue weighted by molar-refractivity contribution is -0.112. The van der Waals surface area contributed by atoms with Crippen LogP contribution in [0, 0.1) is 0 Å². The van der Waals surface area contributed by atoms with E-state index in [0.717, 1.165) is 0 Å². The largest absolute Gasteiger partial charge is 0.489 e. The van der Waals surface area contributed by atoms with Crippen LogP contribution in [0.2, 0.25) is 0 Å². The molecule has 4 nitrogen and oxygen atoms in total. The van der Waals surface area contributed by atoms with Gasteiger partial charge in [0.15, 0.2) is 0 Å². The SMILES string of the molecule is C=C(C(N)=O)c1ccccc1B(O)O. The molecule has 0 aliphatic rings. The summed E-state index contributed by atoms with van der Waals surface area (Å²) in [6, 6.07) is 6.35. The van der Waals surface area contributed by atoms with Crippen LogP contribution in [0.1, 0.15) is 5.56 Å². The molecular formula is C9H10BNO3. The molecule has 0 aliphatic heterocycles.